The van der Waals surface area contributed by atoms with Crippen molar-refractivity contribution in [2.75, 3.05) is 50.7 Å². The minimum absolute atomic E-state index is 0.00124. The number of hydrogen-bond acceptors (Lipinski definition) is 10. The molecule has 0 saturated carbocycles. The van der Waals surface area contributed by atoms with Gasteiger partial charge in [0.15, 0.2) is 11.6 Å². The second kappa shape index (κ2) is 11.6. The van der Waals surface area contributed by atoms with Gasteiger partial charge in [0.05, 0.1) is 44.9 Å². The van der Waals surface area contributed by atoms with Gasteiger partial charge in [0.25, 0.3) is 0 Å². The topological polar surface area (TPSA) is 110 Å². The smallest absolute Gasteiger partial charge is 0.319 e. The number of aromatic nitrogens is 2. The van der Waals surface area contributed by atoms with Crippen molar-refractivity contribution in [3.05, 3.63) is 34.4 Å². The summed E-state index contributed by atoms with van der Waals surface area (Å²) in [6.07, 6.45) is 5.84. The molecule has 0 aliphatic carbocycles. The molecule has 3 unspecified atom stereocenters. The Balaban J connectivity index is 1.36. The van der Waals surface area contributed by atoms with E-state index in [9.17, 15) is 5.26 Å². The summed E-state index contributed by atoms with van der Waals surface area (Å²) in [4.78, 5) is 14.4. The molecule has 2 aromatic carbocycles. The number of piperidine rings is 1. The Kier molecular flexibility index (Phi) is 7.59. The maximum absolute atomic E-state index is 17.3. The molecule has 6 heterocycles. The van der Waals surface area contributed by atoms with Crippen LogP contribution in [0.15, 0.2) is 12.1 Å². The van der Waals surface area contributed by atoms with E-state index in [1.807, 2.05) is 0 Å². The van der Waals surface area contributed by atoms with Crippen molar-refractivity contribution < 1.29 is 23.0 Å². The molecule has 2 N–H and O–H groups in total. The second-order valence-electron chi connectivity index (χ2n) is 13.4. The molecule has 4 aliphatic rings. The Morgan fingerprint density at radius 1 is 1.23 bits per heavy atom. The molecular formula is C34H35ClF2N6O3S. The molecule has 13 heteroatoms. The lowest BCUT2D eigenvalue weighted by Gasteiger charge is -2.41. The Hall–Kier alpha value is -3.50. The first kappa shape index (κ1) is 30.8. The van der Waals surface area contributed by atoms with Crippen molar-refractivity contribution in [3.63, 3.8) is 0 Å². The number of thiophene rings is 1. The summed E-state index contributed by atoms with van der Waals surface area (Å²) in [6.45, 7) is 5.48. The van der Waals surface area contributed by atoms with Crippen LogP contribution < -0.4 is 20.1 Å². The van der Waals surface area contributed by atoms with E-state index in [0.29, 0.717) is 30.3 Å². The number of nitriles is 1. The number of fused-ring (bicyclic) bond motifs is 4. The van der Waals surface area contributed by atoms with E-state index in [1.165, 1.54) is 12.1 Å². The Morgan fingerprint density at radius 2 is 2.09 bits per heavy atom. The first-order valence-corrected chi connectivity index (χ1v) is 17.4. The van der Waals surface area contributed by atoms with E-state index >= 15 is 8.78 Å². The fraction of sp³-hybridized carbons (Fsp3) is 0.500. The summed E-state index contributed by atoms with van der Waals surface area (Å²) in [7, 11) is 1.67. The van der Waals surface area contributed by atoms with Gasteiger partial charge < -0.3 is 24.8 Å². The zero-order valence-electron chi connectivity index (χ0n) is 26.2. The molecule has 4 aliphatic heterocycles. The third kappa shape index (κ3) is 4.72. The van der Waals surface area contributed by atoms with Crippen molar-refractivity contribution in [2.45, 2.75) is 63.1 Å². The minimum atomic E-state index is -0.735. The number of ether oxygens (including phenoxy) is 3. The van der Waals surface area contributed by atoms with Gasteiger partial charge in [-0.3, -0.25) is 4.90 Å². The molecule has 3 fully saturated rings. The monoisotopic (exact) mass is 680 g/mol. The number of nitrogen functional groups attached to an aromatic ring is 1. The highest BCUT2D eigenvalue weighted by atomic mass is 35.5. The lowest BCUT2D eigenvalue weighted by atomic mass is 9.92. The molecule has 0 radical (unpaired) electrons. The highest BCUT2D eigenvalue weighted by molar-refractivity contribution is 7.23. The third-order valence-corrected chi connectivity index (χ3v) is 11.9. The van der Waals surface area contributed by atoms with Gasteiger partial charge in [0.2, 0.25) is 0 Å². The van der Waals surface area contributed by atoms with Gasteiger partial charge in [0.1, 0.15) is 41.4 Å². The highest BCUT2D eigenvalue weighted by Crippen LogP contribution is 2.52. The first-order valence-electron chi connectivity index (χ1n) is 16.2. The fourth-order valence-electron chi connectivity index (χ4n) is 8.60. The zero-order valence-corrected chi connectivity index (χ0v) is 27.8. The number of methoxy groups -OCH3 is 1. The first-order chi connectivity index (χ1) is 22.7. The minimum Gasteiger partial charge on any atom is -0.489 e. The van der Waals surface area contributed by atoms with Gasteiger partial charge in [-0.15, -0.1) is 11.3 Å². The molecule has 0 amide bonds. The number of nitrogens with zero attached hydrogens (tertiary/aromatic N) is 5. The van der Waals surface area contributed by atoms with Crippen LogP contribution in [0.3, 0.4) is 0 Å². The molecule has 4 atom stereocenters. The van der Waals surface area contributed by atoms with Gasteiger partial charge in [0, 0.05) is 24.6 Å². The highest BCUT2D eigenvalue weighted by Gasteiger charge is 2.48. The number of benzene rings is 2. The Labute approximate surface area is 280 Å². The van der Waals surface area contributed by atoms with Gasteiger partial charge >= 0.3 is 6.01 Å². The van der Waals surface area contributed by atoms with Crippen molar-refractivity contribution >= 4 is 54.7 Å². The molecule has 9 nitrogen and oxygen atoms in total. The molecule has 246 valence electrons. The van der Waals surface area contributed by atoms with Crippen LogP contribution >= 0.6 is 22.9 Å². The van der Waals surface area contributed by atoms with E-state index in [0.717, 1.165) is 63.0 Å². The third-order valence-electron chi connectivity index (χ3n) is 10.5. The van der Waals surface area contributed by atoms with Crippen molar-refractivity contribution in [3.8, 4) is 29.0 Å². The molecule has 2 aromatic heterocycles. The quantitative estimate of drug-likeness (QED) is 0.232. The summed E-state index contributed by atoms with van der Waals surface area (Å²) in [5.74, 6) is 0.00944. The van der Waals surface area contributed by atoms with Gasteiger partial charge in [-0.05, 0) is 62.6 Å². The van der Waals surface area contributed by atoms with E-state index in [4.69, 9.17) is 41.5 Å². The van der Waals surface area contributed by atoms with Crippen LogP contribution in [0.25, 0.3) is 32.1 Å². The summed E-state index contributed by atoms with van der Waals surface area (Å²) in [5.41, 5.74) is 6.28. The summed E-state index contributed by atoms with van der Waals surface area (Å²) < 4.78 is 50.9. The van der Waals surface area contributed by atoms with Crippen LogP contribution in [0, 0.1) is 28.9 Å². The maximum Gasteiger partial charge on any atom is 0.319 e. The predicted molar refractivity (Wildman–Crippen MR) is 179 cm³/mol. The van der Waals surface area contributed by atoms with Crippen LogP contribution in [0.2, 0.25) is 5.02 Å². The molecule has 0 spiro atoms. The van der Waals surface area contributed by atoms with Crippen LogP contribution in [-0.2, 0) is 4.74 Å². The van der Waals surface area contributed by atoms with E-state index in [2.05, 4.69) is 22.8 Å². The SMILES string of the molecule is COCC1CCCC2COc3c(Cl)c(-c4ccc(F)c5sc(N)c(C#N)c45)c(F)c4nc(OCC56CCCN5C[C@H](C)C6)nc(c34)N12. The summed E-state index contributed by atoms with van der Waals surface area (Å²) >= 11 is 8.04. The van der Waals surface area contributed by atoms with Crippen LogP contribution in [0.1, 0.15) is 51.0 Å². The number of rotatable bonds is 6. The van der Waals surface area contributed by atoms with Gasteiger partial charge in [-0.1, -0.05) is 24.6 Å². The molecule has 4 aromatic rings. The zero-order chi connectivity index (χ0) is 32.6. The molecule has 47 heavy (non-hydrogen) atoms. The maximum atomic E-state index is 17.3. The number of nitrogens with two attached hydrogens (primary N) is 1. The molecule has 0 bridgehead atoms. The molecule has 8 rings (SSSR count). The number of halogens is 3. The lowest BCUT2D eigenvalue weighted by Crippen LogP contribution is -2.51. The average Bonchev–Trinajstić information content (AvgIpc) is 3.66. The van der Waals surface area contributed by atoms with E-state index < -0.39 is 11.6 Å². The van der Waals surface area contributed by atoms with Crippen LogP contribution in [0.5, 0.6) is 11.8 Å². The predicted octanol–water partition coefficient (Wildman–Crippen LogP) is 6.92. The molecular weight excluding hydrogens is 646 g/mol. The van der Waals surface area contributed by atoms with Crippen molar-refractivity contribution in [1.29, 1.82) is 5.26 Å². The Morgan fingerprint density at radius 3 is 2.89 bits per heavy atom. The standard InChI is InChI=1S/C34H35ClF2N6O3S/c1-17-11-34(9-4-10-42(34)13-17)16-46-33-40-28-25-29(45-15-19-6-3-5-18(14-44-2)43(19)32(25)41-33)26(35)24(27(28)37)20-7-8-22(36)30-23(20)21(12-38)31(39)47-30/h7-8,17-19H,3-6,9-11,13-16,39H2,1-2H3/t17-,18?,19?,34?/m1/s1. The number of hydrogen-bond donors (Lipinski definition) is 1. The summed E-state index contributed by atoms with van der Waals surface area (Å²) in [5, 5.41) is 10.7. The second-order valence-corrected chi connectivity index (χ2v) is 14.9. The average molecular weight is 681 g/mol. The molecule has 3 saturated heterocycles. The summed E-state index contributed by atoms with van der Waals surface area (Å²) in [6, 6.07) is 4.72. The van der Waals surface area contributed by atoms with Crippen molar-refractivity contribution in [2.24, 2.45) is 5.92 Å². The fourth-order valence-corrected chi connectivity index (χ4v) is 9.88. The Bertz CT molecular complexity index is 1970. The van der Waals surface area contributed by atoms with Crippen LogP contribution in [0.4, 0.5) is 19.6 Å². The normalized spacial score (nSPS) is 25.4. The van der Waals surface area contributed by atoms with Gasteiger partial charge in [-0.2, -0.15) is 15.2 Å². The van der Waals surface area contributed by atoms with Crippen LogP contribution in [-0.4, -0.2) is 72.5 Å². The van der Waals surface area contributed by atoms with E-state index in [-0.39, 0.29) is 78.3 Å². The largest absolute Gasteiger partial charge is 0.489 e. The van der Waals surface area contributed by atoms with Gasteiger partial charge in [-0.25, -0.2) is 8.78 Å². The number of anilines is 2. The lowest BCUT2D eigenvalue weighted by molar-refractivity contribution is 0.107. The van der Waals surface area contributed by atoms with E-state index in [1.54, 1.807) is 7.11 Å². The van der Waals surface area contributed by atoms with Crippen molar-refractivity contribution in [1.82, 2.24) is 14.9 Å².